The highest BCUT2D eigenvalue weighted by molar-refractivity contribution is 6.28. The first kappa shape index (κ1) is 10.5. The SMILES string of the molecule is Clc1nc2c(c(Nc3ccccc3)n1)CCC2. The van der Waals surface area contributed by atoms with Gasteiger partial charge in [-0.2, -0.15) is 0 Å². The molecule has 0 radical (unpaired) electrons. The van der Waals surface area contributed by atoms with Gasteiger partial charge >= 0.3 is 0 Å². The van der Waals surface area contributed by atoms with Gasteiger partial charge in [0.2, 0.25) is 5.28 Å². The van der Waals surface area contributed by atoms with E-state index in [0.717, 1.165) is 36.5 Å². The average Bonchev–Trinajstić information content (AvgIpc) is 2.78. The van der Waals surface area contributed by atoms with Gasteiger partial charge in [0.15, 0.2) is 0 Å². The van der Waals surface area contributed by atoms with Crippen LogP contribution in [0.15, 0.2) is 30.3 Å². The predicted octanol–water partition coefficient (Wildman–Crippen LogP) is 3.36. The summed E-state index contributed by atoms with van der Waals surface area (Å²) < 4.78 is 0. The highest BCUT2D eigenvalue weighted by Crippen LogP contribution is 2.29. The van der Waals surface area contributed by atoms with Gasteiger partial charge in [-0.05, 0) is 43.0 Å². The molecule has 1 heterocycles. The van der Waals surface area contributed by atoms with Crippen LogP contribution in [0, 0.1) is 0 Å². The summed E-state index contributed by atoms with van der Waals surface area (Å²) in [5, 5.41) is 3.63. The van der Waals surface area contributed by atoms with Crippen LogP contribution in [0.3, 0.4) is 0 Å². The third kappa shape index (κ3) is 2.11. The monoisotopic (exact) mass is 245 g/mol. The molecule has 0 unspecified atom stereocenters. The molecule has 0 saturated heterocycles. The third-order valence-electron chi connectivity index (χ3n) is 2.94. The van der Waals surface area contributed by atoms with Crippen LogP contribution in [0.1, 0.15) is 17.7 Å². The Morgan fingerprint density at radius 1 is 1.06 bits per heavy atom. The summed E-state index contributed by atoms with van der Waals surface area (Å²) in [6.07, 6.45) is 3.16. The average molecular weight is 246 g/mol. The van der Waals surface area contributed by atoms with E-state index in [1.54, 1.807) is 0 Å². The Morgan fingerprint density at radius 3 is 2.71 bits per heavy atom. The molecule has 17 heavy (non-hydrogen) atoms. The first-order chi connectivity index (χ1) is 8.33. The van der Waals surface area contributed by atoms with Gasteiger partial charge in [0, 0.05) is 11.3 Å². The summed E-state index contributed by atoms with van der Waals surface area (Å²) in [5.41, 5.74) is 3.32. The van der Waals surface area contributed by atoms with Gasteiger partial charge in [-0.1, -0.05) is 18.2 Å². The van der Waals surface area contributed by atoms with Crippen molar-refractivity contribution in [2.45, 2.75) is 19.3 Å². The lowest BCUT2D eigenvalue weighted by molar-refractivity contribution is 0.899. The number of anilines is 2. The Labute approximate surface area is 105 Å². The smallest absolute Gasteiger partial charge is 0.224 e. The summed E-state index contributed by atoms with van der Waals surface area (Å²) in [6.45, 7) is 0. The summed E-state index contributed by atoms with van der Waals surface area (Å²) in [4.78, 5) is 8.55. The van der Waals surface area contributed by atoms with Gasteiger partial charge < -0.3 is 5.32 Å². The molecule has 1 N–H and O–H groups in total. The van der Waals surface area contributed by atoms with Gasteiger partial charge in [-0.3, -0.25) is 0 Å². The second kappa shape index (κ2) is 4.34. The van der Waals surface area contributed by atoms with Crippen molar-refractivity contribution < 1.29 is 0 Å². The first-order valence-electron chi connectivity index (χ1n) is 5.70. The van der Waals surface area contributed by atoms with Crippen LogP contribution in [0.2, 0.25) is 5.28 Å². The summed E-state index contributed by atoms with van der Waals surface area (Å²) >= 11 is 5.93. The number of benzene rings is 1. The molecule has 3 rings (SSSR count). The summed E-state index contributed by atoms with van der Waals surface area (Å²) in [5.74, 6) is 0.851. The fourth-order valence-electron chi connectivity index (χ4n) is 2.16. The zero-order valence-corrected chi connectivity index (χ0v) is 10.0. The molecule has 1 aliphatic rings. The van der Waals surface area contributed by atoms with E-state index in [2.05, 4.69) is 15.3 Å². The largest absolute Gasteiger partial charge is 0.340 e. The van der Waals surface area contributed by atoms with Crippen molar-refractivity contribution >= 4 is 23.1 Å². The fraction of sp³-hybridized carbons (Fsp3) is 0.231. The lowest BCUT2D eigenvalue weighted by Crippen LogP contribution is -2.01. The Morgan fingerprint density at radius 2 is 1.88 bits per heavy atom. The molecule has 0 atom stereocenters. The van der Waals surface area contributed by atoms with Crippen molar-refractivity contribution in [2.24, 2.45) is 0 Å². The Bertz CT molecular complexity index is 540. The van der Waals surface area contributed by atoms with Gasteiger partial charge in [0.25, 0.3) is 0 Å². The number of nitrogens with one attached hydrogen (secondary N) is 1. The molecule has 0 spiro atoms. The molecule has 0 amide bonds. The van der Waals surface area contributed by atoms with Gasteiger partial charge in [-0.25, -0.2) is 9.97 Å². The Hall–Kier alpha value is -1.61. The number of para-hydroxylation sites is 1. The van der Waals surface area contributed by atoms with Crippen LogP contribution in [0.25, 0.3) is 0 Å². The van der Waals surface area contributed by atoms with Crippen molar-refractivity contribution in [2.75, 3.05) is 5.32 Å². The van der Waals surface area contributed by atoms with Crippen molar-refractivity contribution in [3.63, 3.8) is 0 Å². The topological polar surface area (TPSA) is 37.8 Å². The minimum Gasteiger partial charge on any atom is -0.340 e. The number of hydrogen-bond donors (Lipinski definition) is 1. The molecule has 0 fully saturated rings. The predicted molar refractivity (Wildman–Crippen MR) is 68.8 cm³/mol. The zero-order valence-electron chi connectivity index (χ0n) is 9.28. The van der Waals surface area contributed by atoms with Crippen molar-refractivity contribution in [3.8, 4) is 0 Å². The van der Waals surface area contributed by atoms with Crippen LogP contribution in [-0.4, -0.2) is 9.97 Å². The molecule has 1 aliphatic carbocycles. The lowest BCUT2D eigenvalue weighted by atomic mass is 10.2. The van der Waals surface area contributed by atoms with Crippen molar-refractivity contribution in [1.82, 2.24) is 9.97 Å². The van der Waals surface area contributed by atoms with Gasteiger partial charge in [-0.15, -0.1) is 0 Å². The Balaban J connectivity index is 1.98. The van der Waals surface area contributed by atoms with E-state index in [0.29, 0.717) is 5.28 Å². The molecular weight excluding hydrogens is 234 g/mol. The number of fused-ring (bicyclic) bond motifs is 1. The van der Waals surface area contributed by atoms with Crippen LogP contribution in [0.5, 0.6) is 0 Å². The van der Waals surface area contributed by atoms with Crippen LogP contribution >= 0.6 is 11.6 Å². The first-order valence-corrected chi connectivity index (χ1v) is 6.08. The lowest BCUT2D eigenvalue weighted by Gasteiger charge is -2.10. The minimum atomic E-state index is 0.323. The summed E-state index contributed by atoms with van der Waals surface area (Å²) in [7, 11) is 0. The van der Waals surface area contributed by atoms with E-state index in [1.807, 2.05) is 30.3 Å². The van der Waals surface area contributed by atoms with Crippen LogP contribution < -0.4 is 5.32 Å². The highest BCUT2D eigenvalue weighted by Gasteiger charge is 2.18. The van der Waals surface area contributed by atoms with E-state index in [1.165, 1.54) is 5.56 Å². The fourth-order valence-corrected chi connectivity index (χ4v) is 2.35. The second-order valence-corrected chi connectivity index (χ2v) is 4.45. The zero-order chi connectivity index (χ0) is 11.7. The van der Waals surface area contributed by atoms with Crippen LogP contribution in [0.4, 0.5) is 11.5 Å². The van der Waals surface area contributed by atoms with Crippen molar-refractivity contribution in [1.29, 1.82) is 0 Å². The molecule has 3 nitrogen and oxygen atoms in total. The maximum absolute atomic E-state index is 5.93. The van der Waals surface area contributed by atoms with Gasteiger partial charge in [0.05, 0.1) is 5.69 Å². The van der Waals surface area contributed by atoms with E-state index < -0.39 is 0 Å². The molecule has 1 aromatic carbocycles. The molecule has 0 bridgehead atoms. The number of aromatic nitrogens is 2. The standard InChI is InChI=1S/C13H12ClN3/c14-13-16-11-8-4-7-10(11)12(17-13)15-9-5-2-1-3-6-9/h1-3,5-6H,4,7-8H2,(H,15,16,17). The van der Waals surface area contributed by atoms with E-state index in [-0.39, 0.29) is 0 Å². The third-order valence-corrected chi connectivity index (χ3v) is 3.11. The highest BCUT2D eigenvalue weighted by atomic mass is 35.5. The Kier molecular flexibility index (Phi) is 2.69. The van der Waals surface area contributed by atoms with Crippen LogP contribution in [-0.2, 0) is 12.8 Å². The number of hydrogen-bond acceptors (Lipinski definition) is 3. The molecule has 86 valence electrons. The molecule has 0 aliphatic heterocycles. The molecule has 2 aromatic rings. The van der Waals surface area contributed by atoms with Crippen molar-refractivity contribution in [3.05, 3.63) is 46.9 Å². The normalized spacial score (nSPS) is 13.5. The summed E-state index contributed by atoms with van der Waals surface area (Å²) in [6, 6.07) is 9.99. The molecular formula is C13H12ClN3. The number of rotatable bonds is 2. The number of halogens is 1. The molecule has 0 saturated carbocycles. The van der Waals surface area contributed by atoms with E-state index >= 15 is 0 Å². The van der Waals surface area contributed by atoms with Gasteiger partial charge in [0.1, 0.15) is 5.82 Å². The van der Waals surface area contributed by atoms with E-state index in [4.69, 9.17) is 11.6 Å². The quantitative estimate of drug-likeness (QED) is 0.825. The number of aryl methyl sites for hydroxylation is 1. The maximum Gasteiger partial charge on any atom is 0.224 e. The molecule has 4 heteroatoms. The second-order valence-electron chi connectivity index (χ2n) is 4.11. The minimum absolute atomic E-state index is 0.323. The molecule has 1 aromatic heterocycles. The number of nitrogens with zero attached hydrogens (tertiary/aromatic N) is 2. The maximum atomic E-state index is 5.93. The van der Waals surface area contributed by atoms with E-state index in [9.17, 15) is 0 Å².